The third-order valence-electron chi connectivity index (χ3n) is 2.57. The van der Waals surface area contributed by atoms with Crippen molar-refractivity contribution in [3.05, 3.63) is 82.4 Å². The zero-order valence-corrected chi connectivity index (χ0v) is 14.6. The highest BCUT2D eigenvalue weighted by molar-refractivity contribution is 6.30. The summed E-state index contributed by atoms with van der Waals surface area (Å²) in [5.74, 6) is 0. The maximum Gasteiger partial charge on any atom is 0.0408 e. The summed E-state index contributed by atoms with van der Waals surface area (Å²) < 4.78 is 0. The topological polar surface area (TPSA) is 0 Å². The zero-order chi connectivity index (χ0) is 16.1. The van der Waals surface area contributed by atoms with Crippen LogP contribution in [0.1, 0.15) is 31.9 Å². The summed E-state index contributed by atoms with van der Waals surface area (Å²) in [4.78, 5) is 0. The Morgan fingerprint density at radius 1 is 0.905 bits per heavy atom. The van der Waals surface area contributed by atoms with E-state index in [9.17, 15) is 0 Å². The summed E-state index contributed by atoms with van der Waals surface area (Å²) in [6, 6.07) is 15.7. The van der Waals surface area contributed by atoms with Crippen molar-refractivity contribution >= 4 is 23.2 Å². The van der Waals surface area contributed by atoms with E-state index in [4.69, 9.17) is 23.2 Å². The molecule has 0 saturated carbocycles. The van der Waals surface area contributed by atoms with Gasteiger partial charge in [0.15, 0.2) is 0 Å². The molecule has 0 bridgehead atoms. The largest absolute Gasteiger partial charge is 0.103 e. The Labute approximate surface area is 139 Å². The van der Waals surface area contributed by atoms with Crippen molar-refractivity contribution in [1.82, 2.24) is 0 Å². The molecule has 0 fully saturated rings. The fraction of sp³-hybridized carbons (Fsp3) is 0.263. The van der Waals surface area contributed by atoms with Crippen molar-refractivity contribution in [3.8, 4) is 0 Å². The lowest BCUT2D eigenvalue weighted by Gasteiger charge is -1.94. The van der Waals surface area contributed by atoms with Crippen molar-refractivity contribution in [2.24, 2.45) is 0 Å². The van der Waals surface area contributed by atoms with Gasteiger partial charge in [0.2, 0.25) is 0 Å². The van der Waals surface area contributed by atoms with Crippen LogP contribution in [0.2, 0.25) is 10.0 Å². The van der Waals surface area contributed by atoms with Crippen molar-refractivity contribution in [3.63, 3.8) is 0 Å². The third kappa shape index (κ3) is 9.33. The maximum absolute atomic E-state index is 5.75. The first-order chi connectivity index (χ1) is 10.2. The van der Waals surface area contributed by atoms with Crippen LogP contribution < -0.4 is 0 Å². The molecule has 2 aromatic carbocycles. The van der Waals surface area contributed by atoms with Gasteiger partial charge in [-0.05, 0) is 48.2 Å². The predicted octanol–water partition coefficient (Wildman–Crippen LogP) is 7.00. The molecule has 0 amide bonds. The molecule has 0 radical (unpaired) electrons. The van der Waals surface area contributed by atoms with E-state index < -0.39 is 0 Å². The fourth-order valence-electron chi connectivity index (χ4n) is 1.59. The molecular weight excluding hydrogens is 299 g/mol. The second-order valence-corrected chi connectivity index (χ2v) is 4.98. The van der Waals surface area contributed by atoms with Gasteiger partial charge >= 0.3 is 0 Å². The standard InChI is InChI=1S/C9H9Cl.C8H9Cl.C2H6/c1-2-4-8-5-3-6-9(10)7-8;1-2-7-4-3-5-8(9)6-7;1-2/h2-3,5-7H,1,4H2;3-6H,2H2,1H3;1-2H3. The Bertz CT molecular complexity index is 518. The van der Waals surface area contributed by atoms with Gasteiger partial charge in [0.25, 0.3) is 0 Å². The van der Waals surface area contributed by atoms with Crippen molar-refractivity contribution in [2.45, 2.75) is 33.6 Å². The van der Waals surface area contributed by atoms with Gasteiger partial charge in [0, 0.05) is 10.0 Å². The predicted molar refractivity (Wildman–Crippen MR) is 97.5 cm³/mol. The van der Waals surface area contributed by atoms with Gasteiger partial charge in [-0.2, -0.15) is 0 Å². The van der Waals surface area contributed by atoms with Crippen LogP contribution in [0.4, 0.5) is 0 Å². The third-order valence-corrected chi connectivity index (χ3v) is 3.04. The van der Waals surface area contributed by atoms with Crippen molar-refractivity contribution < 1.29 is 0 Å². The number of allylic oxidation sites excluding steroid dienone is 1. The van der Waals surface area contributed by atoms with Crippen LogP contribution in [0.25, 0.3) is 0 Å². The Kier molecular flexibility index (Phi) is 11.8. The van der Waals surface area contributed by atoms with E-state index in [1.54, 1.807) is 0 Å². The quantitative estimate of drug-likeness (QED) is 0.534. The van der Waals surface area contributed by atoms with Crippen LogP contribution in [0.5, 0.6) is 0 Å². The van der Waals surface area contributed by atoms with E-state index in [-0.39, 0.29) is 0 Å². The number of hydrogen-bond donors (Lipinski definition) is 0. The number of halogens is 2. The molecule has 0 aliphatic rings. The second kappa shape index (κ2) is 12.5. The average molecular weight is 323 g/mol. The number of rotatable bonds is 3. The van der Waals surface area contributed by atoms with Gasteiger partial charge in [-0.1, -0.05) is 74.3 Å². The average Bonchev–Trinajstić information content (AvgIpc) is 2.50. The highest BCUT2D eigenvalue weighted by Crippen LogP contribution is 2.11. The first kappa shape index (κ1) is 19.8. The summed E-state index contributed by atoms with van der Waals surface area (Å²) in [6.07, 6.45) is 3.81. The van der Waals surface area contributed by atoms with E-state index in [2.05, 4.69) is 19.6 Å². The van der Waals surface area contributed by atoms with Crippen molar-refractivity contribution in [2.75, 3.05) is 0 Å². The summed E-state index contributed by atoms with van der Waals surface area (Å²) in [6.45, 7) is 9.76. The van der Waals surface area contributed by atoms with E-state index in [1.165, 1.54) is 11.1 Å². The molecule has 2 heteroatoms. The van der Waals surface area contributed by atoms with Gasteiger partial charge in [-0.3, -0.25) is 0 Å². The lowest BCUT2D eigenvalue weighted by Crippen LogP contribution is -1.77. The lowest BCUT2D eigenvalue weighted by molar-refractivity contribution is 1.14. The van der Waals surface area contributed by atoms with Gasteiger partial charge in [-0.15, -0.1) is 6.58 Å². The molecule has 21 heavy (non-hydrogen) atoms. The van der Waals surface area contributed by atoms with Crippen LogP contribution in [0.15, 0.2) is 61.2 Å². The lowest BCUT2D eigenvalue weighted by atomic mass is 10.2. The van der Waals surface area contributed by atoms with Gasteiger partial charge in [-0.25, -0.2) is 0 Å². The minimum Gasteiger partial charge on any atom is -0.103 e. The molecule has 0 spiro atoms. The Balaban J connectivity index is 0.000000342. The minimum atomic E-state index is 0.791. The Morgan fingerprint density at radius 3 is 1.76 bits per heavy atom. The van der Waals surface area contributed by atoms with Crippen LogP contribution in [-0.2, 0) is 12.8 Å². The molecule has 0 aliphatic heterocycles. The molecule has 0 N–H and O–H groups in total. The molecule has 0 unspecified atom stereocenters. The van der Waals surface area contributed by atoms with Crippen LogP contribution in [0.3, 0.4) is 0 Å². The zero-order valence-electron chi connectivity index (χ0n) is 13.1. The first-order valence-corrected chi connectivity index (χ1v) is 8.01. The normalized spacial score (nSPS) is 8.81. The Morgan fingerprint density at radius 2 is 1.38 bits per heavy atom. The summed E-state index contributed by atoms with van der Waals surface area (Å²) in [5, 5.41) is 1.62. The molecule has 0 nitrogen and oxygen atoms in total. The van der Waals surface area contributed by atoms with E-state index in [1.807, 2.05) is 62.4 Å². The number of aryl methyl sites for hydroxylation is 1. The van der Waals surface area contributed by atoms with Gasteiger partial charge < -0.3 is 0 Å². The van der Waals surface area contributed by atoms with Crippen LogP contribution in [0, 0.1) is 0 Å². The Hall–Kier alpha value is -1.24. The van der Waals surface area contributed by atoms with Gasteiger partial charge in [0.1, 0.15) is 0 Å². The van der Waals surface area contributed by atoms with E-state index in [0.29, 0.717) is 0 Å². The molecule has 0 atom stereocenters. The highest BCUT2D eigenvalue weighted by Gasteiger charge is 1.89. The first-order valence-electron chi connectivity index (χ1n) is 7.25. The monoisotopic (exact) mass is 322 g/mol. The number of benzene rings is 2. The van der Waals surface area contributed by atoms with Crippen LogP contribution >= 0.6 is 23.2 Å². The molecule has 2 rings (SSSR count). The summed E-state index contributed by atoms with van der Waals surface area (Å²) in [5.41, 5.74) is 2.50. The molecule has 0 aliphatic carbocycles. The molecule has 0 heterocycles. The number of hydrogen-bond acceptors (Lipinski definition) is 0. The molecule has 2 aromatic rings. The molecule has 0 saturated heterocycles. The van der Waals surface area contributed by atoms with Crippen LogP contribution in [-0.4, -0.2) is 0 Å². The van der Waals surface area contributed by atoms with E-state index in [0.717, 1.165) is 22.9 Å². The fourth-order valence-corrected chi connectivity index (χ4v) is 2.01. The SMILES string of the molecule is C=CCc1cccc(Cl)c1.CC.CCc1cccc(Cl)c1. The molecular formula is C19H24Cl2. The van der Waals surface area contributed by atoms with E-state index >= 15 is 0 Å². The molecule has 0 aromatic heterocycles. The highest BCUT2D eigenvalue weighted by atomic mass is 35.5. The summed E-state index contributed by atoms with van der Waals surface area (Å²) in [7, 11) is 0. The summed E-state index contributed by atoms with van der Waals surface area (Å²) >= 11 is 11.5. The maximum atomic E-state index is 5.75. The smallest absolute Gasteiger partial charge is 0.0408 e. The second-order valence-electron chi connectivity index (χ2n) is 4.11. The molecule has 114 valence electrons. The van der Waals surface area contributed by atoms with Gasteiger partial charge in [0.05, 0.1) is 0 Å². The minimum absolute atomic E-state index is 0.791. The van der Waals surface area contributed by atoms with Crippen molar-refractivity contribution in [1.29, 1.82) is 0 Å².